The molecule has 4 rings (SSSR count). The zero-order chi connectivity index (χ0) is 15.6. The Morgan fingerprint density at radius 1 is 1.13 bits per heavy atom. The van der Waals surface area contributed by atoms with Crippen LogP contribution in [-0.2, 0) is 4.74 Å². The summed E-state index contributed by atoms with van der Waals surface area (Å²) in [4.78, 5) is 0. The van der Waals surface area contributed by atoms with Gasteiger partial charge in [0.2, 0.25) is 0 Å². The van der Waals surface area contributed by atoms with Crippen molar-refractivity contribution in [2.75, 3.05) is 18.5 Å². The van der Waals surface area contributed by atoms with Gasteiger partial charge in [-0.1, -0.05) is 23.7 Å². The molecule has 0 unspecified atom stereocenters. The summed E-state index contributed by atoms with van der Waals surface area (Å²) in [5, 5.41) is 12.8. The van der Waals surface area contributed by atoms with Crippen molar-refractivity contribution in [2.45, 2.75) is 18.9 Å². The number of hydrogen-bond donors (Lipinski definition) is 1. The maximum Gasteiger partial charge on any atom is 0.168 e. The molecular weight excluding hydrogens is 312 g/mol. The summed E-state index contributed by atoms with van der Waals surface area (Å²) in [6.45, 7) is 1.64. The number of anilines is 1. The zero-order valence-corrected chi connectivity index (χ0v) is 13.3. The van der Waals surface area contributed by atoms with Gasteiger partial charge < -0.3 is 10.1 Å². The molecule has 0 radical (unpaired) electrons. The van der Waals surface area contributed by atoms with Crippen molar-refractivity contribution in [1.29, 1.82) is 0 Å². The second kappa shape index (κ2) is 6.18. The van der Waals surface area contributed by atoms with Gasteiger partial charge in [-0.25, -0.2) is 0 Å². The highest BCUT2D eigenvalue weighted by molar-refractivity contribution is 6.30. The second-order valence-corrected chi connectivity index (χ2v) is 6.15. The molecule has 1 aliphatic heterocycles. The van der Waals surface area contributed by atoms with Crippen molar-refractivity contribution in [3.05, 3.63) is 47.6 Å². The van der Waals surface area contributed by atoms with E-state index < -0.39 is 0 Å². The highest BCUT2D eigenvalue weighted by atomic mass is 35.5. The smallest absolute Gasteiger partial charge is 0.168 e. The summed E-state index contributed by atoms with van der Waals surface area (Å²) < 4.78 is 7.40. The first-order valence-electron chi connectivity index (χ1n) is 7.74. The van der Waals surface area contributed by atoms with Crippen LogP contribution in [0.25, 0.3) is 17.0 Å². The fraction of sp³-hybridized carbons (Fsp3) is 0.294. The average molecular weight is 329 g/mol. The number of pyridine rings is 1. The van der Waals surface area contributed by atoms with Crippen LogP contribution >= 0.6 is 11.6 Å². The Bertz CT molecular complexity index is 826. The van der Waals surface area contributed by atoms with Crippen LogP contribution in [0.3, 0.4) is 0 Å². The number of halogens is 1. The Morgan fingerprint density at radius 2 is 2.00 bits per heavy atom. The third-order valence-electron chi connectivity index (χ3n) is 4.08. The van der Waals surface area contributed by atoms with Gasteiger partial charge >= 0.3 is 0 Å². The molecule has 1 aliphatic rings. The molecule has 1 N–H and O–H groups in total. The number of fused-ring (bicyclic) bond motifs is 1. The predicted molar refractivity (Wildman–Crippen MR) is 90.9 cm³/mol. The first-order valence-corrected chi connectivity index (χ1v) is 8.12. The van der Waals surface area contributed by atoms with E-state index in [2.05, 4.69) is 15.5 Å². The van der Waals surface area contributed by atoms with E-state index in [1.165, 1.54) is 0 Å². The van der Waals surface area contributed by atoms with E-state index in [1.54, 1.807) is 0 Å². The van der Waals surface area contributed by atoms with Gasteiger partial charge in [-0.2, -0.15) is 0 Å². The quantitative estimate of drug-likeness (QED) is 0.797. The molecule has 23 heavy (non-hydrogen) atoms. The molecule has 0 atom stereocenters. The van der Waals surface area contributed by atoms with Crippen molar-refractivity contribution in [1.82, 2.24) is 14.6 Å². The lowest BCUT2D eigenvalue weighted by Crippen LogP contribution is -2.27. The van der Waals surface area contributed by atoms with Gasteiger partial charge in [-0.05, 0) is 37.1 Å². The van der Waals surface area contributed by atoms with Crippen LogP contribution in [0.15, 0.2) is 42.6 Å². The van der Waals surface area contributed by atoms with Gasteiger partial charge in [0.15, 0.2) is 11.5 Å². The third kappa shape index (κ3) is 3.02. The SMILES string of the molecule is Clc1cccc(-c2nnc3ccc(NC4CCOCC4)cn23)c1. The van der Waals surface area contributed by atoms with Crippen LogP contribution in [0.1, 0.15) is 12.8 Å². The molecule has 0 saturated carbocycles. The van der Waals surface area contributed by atoms with Gasteiger partial charge in [0, 0.05) is 36.0 Å². The summed E-state index contributed by atoms with van der Waals surface area (Å²) in [6.07, 6.45) is 4.10. The molecule has 1 fully saturated rings. The second-order valence-electron chi connectivity index (χ2n) is 5.71. The van der Waals surface area contributed by atoms with Gasteiger partial charge in [0.25, 0.3) is 0 Å². The fourth-order valence-electron chi connectivity index (χ4n) is 2.88. The third-order valence-corrected chi connectivity index (χ3v) is 4.31. The van der Waals surface area contributed by atoms with Crippen LogP contribution in [0.2, 0.25) is 5.02 Å². The molecule has 1 aromatic carbocycles. The van der Waals surface area contributed by atoms with E-state index in [0.29, 0.717) is 11.1 Å². The zero-order valence-electron chi connectivity index (χ0n) is 12.6. The number of benzene rings is 1. The largest absolute Gasteiger partial charge is 0.381 e. The van der Waals surface area contributed by atoms with E-state index in [0.717, 1.165) is 48.8 Å². The van der Waals surface area contributed by atoms with Crippen LogP contribution in [-0.4, -0.2) is 33.9 Å². The van der Waals surface area contributed by atoms with Crippen molar-refractivity contribution < 1.29 is 4.74 Å². The summed E-state index contributed by atoms with van der Waals surface area (Å²) in [7, 11) is 0. The first-order chi connectivity index (χ1) is 11.3. The molecule has 0 aliphatic carbocycles. The normalized spacial score (nSPS) is 15.9. The minimum Gasteiger partial charge on any atom is -0.381 e. The molecule has 0 bridgehead atoms. The maximum absolute atomic E-state index is 6.09. The highest BCUT2D eigenvalue weighted by Gasteiger charge is 2.14. The van der Waals surface area contributed by atoms with Crippen LogP contribution in [0, 0.1) is 0 Å². The van der Waals surface area contributed by atoms with Crippen LogP contribution in [0.4, 0.5) is 5.69 Å². The Balaban J connectivity index is 1.68. The van der Waals surface area contributed by atoms with Crippen LogP contribution in [0.5, 0.6) is 0 Å². The molecule has 3 aromatic rings. The minimum absolute atomic E-state index is 0.451. The number of aromatic nitrogens is 3. The molecule has 0 spiro atoms. The van der Waals surface area contributed by atoms with E-state index in [1.807, 2.05) is 47.0 Å². The van der Waals surface area contributed by atoms with Crippen molar-refractivity contribution >= 4 is 22.9 Å². The lowest BCUT2D eigenvalue weighted by atomic mass is 10.1. The van der Waals surface area contributed by atoms with Gasteiger partial charge in [-0.3, -0.25) is 4.40 Å². The molecule has 118 valence electrons. The summed E-state index contributed by atoms with van der Waals surface area (Å²) >= 11 is 6.09. The molecule has 3 heterocycles. The molecule has 5 nitrogen and oxygen atoms in total. The summed E-state index contributed by atoms with van der Waals surface area (Å²) in [6, 6.07) is 12.1. The van der Waals surface area contributed by atoms with Gasteiger partial charge in [0.1, 0.15) is 0 Å². The maximum atomic E-state index is 6.09. The van der Waals surface area contributed by atoms with Crippen molar-refractivity contribution in [3.63, 3.8) is 0 Å². The number of ether oxygens (including phenoxy) is 1. The molecule has 6 heteroatoms. The Labute approximate surface area is 139 Å². The van der Waals surface area contributed by atoms with E-state index in [9.17, 15) is 0 Å². The van der Waals surface area contributed by atoms with E-state index in [-0.39, 0.29) is 0 Å². The lowest BCUT2D eigenvalue weighted by Gasteiger charge is -2.24. The number of hydrogen-bond acceptors (Lipinski definition) is 4. The van der Waals surface area contributed by atoms with Crippen molar-refractivity contribution in [3.8, 4) is 11.4 Å². The molecule has 1 saturated heterocycles. The average Bonchev–Trinajstić information content (AvgIpc) is 2.99. The number of nitrogens with one attached hydrogen (secondary N) is 1. The fourth-order valence-corrected chi connectivity index (χ4v) is 3.07. The Kier molecular flexibility index (Phi) is 3.89. The first kappa shape index (κ1) is 14.5. The van der Waals surface area contributed by atoms with E-state index in [4.69, 9.17) is 16.3 Å². The monoisotopic (exact) mass is 328 g/mol. The van der Waals surface area contributed by atoms with Crippen LogP contribution < -0.4 is 5.32 Å². The predicted octanol–water partition coefficient (Wildman–Crippen LogP) is 3.64. The number of nitrogens with zero attached hydrogens (tertiary/aromatic N) is 3. The van der Waals surface area contributed by atoms with E-state index >= 15 is 0 Å². The summed E-state index contributed by atoms with van der Waals surface area (Å²) in [5.41, 5.74) is 2.83. The molecule has 2 aromatic heterocycles. The summed E-state index contributed by atoms with van der Waals surface area (Å²) in [5.74, 6) is 0.790. The Hall–Kier alpha value is -2.11. The van der Waals surface area contributed by atoms with Gasteiger partial charge in [0.05, 0.1) is 5.69 Å². The molecular formula is C17H17ClN4O. The topological polar surface area (TPSA) is 51.5 Å². The van der Waals surface area contributed by atoms with Crippen molar-refractivity contribution in [2.24, 2.45) is 0 Å². The Morgan fingerprint density at radius 3 is 2.83 bits per heavy atom. The lowest BCUT2D eigenvalue weighted by molar-refractivity contribution is 0.0904. The standard InChI is InChI=1S/C17H17ClN4O/c18-13-3-1-2-12(10-13)17-21-20-16-5-4-15(11-22(16)17)19-14-6-8-23-9-7-14/h1-5,10-11,14,19H,6-9H2. The van der Waals surface area contributed by atoms with Gasteiger partial charge in [-0.15, -0.1) is 10.2 Å². The minimum atomic E-state index is 0.451. The number of rotatable bonds is 3. The highest BCUT2D eigenvalue weighted by Crippen LogP contribution is 2.23. The molecule has 0 amide bonds.